The van der Waals surface area contributed by atoms with Crippen LogP contribution in [0.3, 0.4) is 0 Å². The molecule has 0 aliphatic carbocycles. The van der Waals surface area contributed by atoms with E-state index in [1.165, 1.54) is 4.68 Å². The summed E-state index contributed by atoms with van der Waals surface area (Å²) in [4.78, 5) is 26.5. The van der Waals surface area contributed by atoms with Gasteiger partial charge in [0, 0.05) is 18.5 Å². The number of carbonyl (C=O) groups excluding carboxylic acids is 1. The Morgan fingerprint density at radius 3 is 3.00 bits per heavy atom. The average molecular weight is 285 g/mol. The van der Waals surface area contributed by atoms with Gasteiger partial charge in [-0.25, -0.2) is 4.68 Å². The lowest BCUT2D eigenvalue weighted by molar-refractivity contribution is -0.133. The number of hydrogen-bond acceptors (Lipinski definition) is 3. The van der Waals surface area contributed by atoms with Crippen LogP contribution in [0.1, 0.15) is 19.8 Å². The summed E-state index contributed by atoms with van der Waals surface area (Å²) in [6.07, 6.45) is 3.84. The molecule has 1 aliphatic rings. The van der Waals surface area contributed by atoms with Gasteiger partial charge in [-0.05, 0) is 24.8 Å². The minimum absolute atomic E-state index is 0.0218. The van der Waals surface area contributed by atoms with Gasteiger partial charge in [-0.3, -0.25) is 9.59 Å². The molecule has 110 valence electrons. The number of rotatable bonds is 2. The zero-order chi connectivity index (χ0) is 14.8. The Bertz CT molecular complexity index is 723. The van der Waals surface area contributed by atoms with E-state index in [0.29, 0.717) is 11.3 Å². The van der Waals surface area contributed by atoms with Gasteiger partial charge in [-0.2, -0.15) is 5.10 Å². The van der Waals surface area contributed by atoms with E-state index in [9.17, 15) is 9.59 Å². The van der Waals surface area contributed by atoms with Crippen molar-refractivity contribution in [3.05, 3.63) is 40.8 Å². The van der Waals surface area contributed by atoms with E-state index in [-0.39, 0.29) is 18.0 Å². The Balaban J connectivity index is 1.83. The molecule has 1 aromatic carbocycles. The van der Waals surface area contributed by atoms with Crippen molar-refractivity contribution in [2.75, 3.05) is 13.1 Å². The Kier molecular flexibility index (Phi) is 3.73. The molecule has 1 saturated heterocycles. The summed E-state index contributed by atoms with van der Waals surface area (Å²) in [6.45, 7) is 3.74. The minimum Gasteiger partial charge on any atom is -0.341 e. The van der Waals surface area contributed by atoms with E-state index < -0.39 is 0 Å². The lowest BCUT2D eigenvalue weighted by Gasteiger charge is -2.30. The fraction of sp³-hybridized carbons (Fsp3) is 0.438. The van der Waals surface area contributed by atoms with E-state index in [4.69, 9.17) is 0 Å². The first-order chi connectivity index (χ1) is 10.1. The summed E-state index contributed by atoms with van der Waals surface area (Å²) in [5.41, 5.74) is -0.202. The van der Waals surface area contributed by atoms with Gasteiger partial charge in [-0.15, -0.1) is 0 Å². The molecule has 0 spiro atoms. The van der Waals surface area contributed by atoms with Crippen molar-refractivity contribution in [2.45, 2.75) is 26.3 Å². The molecule has 0 N–H and O–H groups in total. The highest BCUT2D eigenvalue weighted by Gasteiger charge is 2.21. The van der Waals surface area contributed by atoms with Gasteiger partial charge < -0.3 is 4.90 Å². The summed E-state index contributed by atoms with van der Waals surface area (Å²) in [6, 6.07) is 7.31. The smallest absolute Gasteiger partial charge is 0.275 e. The molecular weight excluding hydrogens is 266 g/mol. The van der Waals surface area contributed by atoms with Gasteiger partial charge in [0.1, 0.15) is 6.54 Å². The van der Waals surface area contributed by atoms with Crippen molar-refractivity contribution in [3.8, 4) is 0 Å². The minimum atomic E-state index is -0.202. The Morgan fingerprint density at radius 1 is 1.38 bits per heavy atom. The quantitative estimate of drug-likeness (QED) is 0.843. The Morgan fingerprint density at radius 2 is 2.19 bits per heavy atom. The van der Waals surface area contributed by atoms with E-state index >= 15 is 0 Å². The number of nitrogens with zero attached hydrogens (tertiary/aromatic N) is 3. The third kappa shape index (κ3) is 2.82. The van der Waals surface area contributed by atoms with Gasteiger partial charge in [-0.1, -0.05) is 25.1 Å². The average Bonchev–Trinajstić information content (AvgIpc) is 2.50. The van der Waals surface area contributed by atoms with Crippen LogP contribution < -0.4 is 5.56 Å². The topological polar surface area (TPSA) is 55.2 Å². The molecule has 0 radical (unpaired) electrons. The van der Waals surface area contributed by atoms with Crippen LogP contribution in [0.15, 0.2) is 35.3 Å². The van der Waals surface area contributed by atoms with Crippen molar-refractivity contribution in [2.24, 2.45) is 5.92 Å². The summed E-state index contributed by atoms with van der Waals surface area (Å²) in [5.74, 6) is 0.510. The second-order valence-corrected chi connectivity index (χ2v) is 5.78. The third-order valence-electron chi connectivity index (χ3n) is 4.06. The van der Waals surface area contributed by atoms with Gasteiger partial charge in [0.05, 0.1) is 11.6 Å². The summed E-state index contributed by atoms with van der Waals surface area (Å²) < 4.78 is 1.27. The fourth-order valence-electron chi connectivity index (χ4n) is 2.88. The van der Waals surface area contributed by atoms with Crippen molar-refractivity contribution < 1.29 is 4.79 Å². The van der Waals surface area contributed by atoms with Crippen LogP contribution in [0.4, 0.5) is 0 Å². The number of benzene rings is 1. The number of hydrogen-bond donors (Lipinski definition) is 0. The van der Waals surface area contributed by atoms with Crippen LogP contribution in [-0.4, -0.2) is 33.7 Å². The molecule has 2 aromatic rings. The number of carbonyl (C=O) groups is 1. The van der Waals surface area contributed by atoms with Crippen LogP contribution in [0.5, 0.6) is 0 Å². The highest BCUT2D eigenvalue weighted by Crippen LogP contribution is 2.15. The molecule has 5 nitrogen and oxygen atoms in total. The molecule has 1 aliphatic heterocycles. The summed E-state index contributed by atoms with van der Waals surface area (Å²) in [5, 5.41) is 5.52. The molecule has 3 rings (SSSR count). The zero-order valence-corrected chi connectivity index (χ0v) is 12.2. The van der Waals surface area contributed by atoms with Gasteiger partial charge in [0.2, 0.25) is 5.91 Å². The highest BCUT2D eigenvalue weighted by molar-refractivity contribution is 5.81. The first-order valence-corrected chi connectivity index (χ1v) is 7.38. The molecule has 2 heterocycles. The molecule has 21 heavy (non-hydrogen) atoms. The monoisotopic (exact) mass is 285 g/mol. The number of likely N-dealkylation sites (tertiary alicyclic amines) is 1. The first kappa shape index (κ1) is 13.8. The molecule has 1 aromatic heterocycles. The first-order valence-electron chi connectivity index (χ1n) is 7.38. The van der Waals surface area contributed by atoms with Crippen molar-refractivity contribution in [1.29, 1.82) is 0 Å². The largest absolute Gasteiger partial charge is 0.341 e. The standard InChI is InChI=1S/C16H19N3O2/c1-12-5-4-8-18(10-12)15(20)11-19-16(21)14-7-3-2-6-13(14)9-17-19/h2-3,6-7,9,12H,4-5,8,10-11H2,1H3. The summed E-state index contributed by atoms with van der Waals surface area (Å²) in [7, 11) is 0. The zero-order valence-electron chi connectivity index (χ0n) is 12.2. The maximum absolute atomic E-state index is 12.3. The molecule has 1 amide bonds. The van der Waals surface area contributed by atoms with E-state index in [0.717, 1.165) is 31.3 Å². The summed E-state index contributed by atoms with van der Waals surface area (Å²) >= 11 is 0. The van der Waals surface area contributed by atoms with E-state index in [1.807, 2.05) is 23.1 Å². The number of amides is 1. The maximum atomic E-state index is 12.3. The van der Waals surface area contributed by atoms with Crippen LogP contribution in [0.25, 0.3) is 10.8 Å². The van der Waals surface area contributed by atoms with Gasteiger partial charge >= 0.3 is 0 Å². The van der Waals surface area contributed by atoms with Crippen molar-refractivity contribution in [1.82, 2.24) is 14.7 Å². The predicted molar refractivity (Wildman–Crippen MR) is 81.0 cm³/mol. The van der Waals surface area contributed by atoms with Crippen LogP contribution in [-0.2, 0) is 11.3 Å². The molecule has 1 fully saturated rings. The number of piperidine rings is 1. The molecule has 0 bridgehead atoms. The maximum Gasteiger partial charge on any atom is 0.275 e. The normalized spacial score (nSPS) is 18.9. The van der Waals surface area contributed by atoms with E-state index in [1.54, 1.807) is 12.3 Å². The molecule has 0 saturated carbocycles. The van der Waals surface area contributed by atoms with Crippen molar-refractivity contribution in [3.63, 3.8) is 0 Å². The third-order valence-corrected chi connectivity index (χ3v) is 4.06. The Hall–Kier alpha value is -2.17. The van der Waals surface area contributed by atoms with Crippen LogP contribution in [0, 0.1) is 5.92 Å². The number of aromatic nitrogens is 2. The fourth-order valence-corrected chi connectivity index (χ4v) is 2.88. The molecule has 5 heteroatoms. The predicted octanol–water partition coefficient (Wildman–Crippen LogP) is 1.66. The highest BCUT2D eigenvalue weighted by atomic mass is 16.2. The second kappa shape index (κ2) is 5.68. The lowest BCUT2D eigenvalue weighted by atomic mass is 10.0. The van der Waals surface area contributed by atoms with Crippen LogP contribution >= 0.6 is 0 Å². The molecule has 1 atom stereocenters. The van der Waals surface area contributed by atoms with Crippen LogP contribution in [0.2, 0.25) is 0 Å². The number of fused-ring (bicyclic) bond motifs is 1. The molecule has 1 unspecified atom stereocenters. The van der Waals surface area contributed by atoms with Gasteiger partial charge in [0.25, 0.3) is 5.56 Å². The van der Waals surface area contributed by atoms with Gasteiger partial charge in [0.15, 0.2) is 0 Å². The van der Waals surface area contributed by atoms with Crippen molar-refractivity contribution >= 4 is 16.7 Å². The Labute approximate surface area is 123 Å². The SMILES string of the molecule is CC1CCCN(C(=O)Cn2ncc3ccccc3c2=O)C1. The lowest BCUT2D eigenvalue weighted by Crippen LogP contribution is -2.42. The molecular formula is C16H19N3O2. The second-order valence-electron chi connectivity index (χ2n) is 5.78. The van der Waals surface area contributed by atoms with E-state index in [2.05, 4.69) is 12.0 Å².